The van der Waals surface area contributed by atoms with Crippen LogP contribution in [0.2, 0.25) is 0 Å². The molecule has 1 aromatic heterocycles. The molecule has 72 valence electrons. The lowest BCUT2D eigenvalue weighted by Crippen LogP contribution is -2.00. The lowest BCUT2D eigenvalue weighted by atomic mass is 10.2. The van der Waals surface area contributed by atoms with Gasteiger partial charge in [0.15, 0.2) is 0 Å². The van der Waals surface area contributed by atoms with Crippen LogP contribution in [0.5, 0.6) is 0 Å². The minimum Gasteiger partial charge on any atom is -0.397 e. The zero-order chi connectivity index (χ0) is 10.1. The van der Waals surface area contributed by atoms with E-state index in [4.69, 9.17) is 5.73 Å². The molecule has 0 amide bonds. The number of hydrogen-bond acceptors (Lipinski definition) is 2. The van der Waals surface area contributed by atoms with Gasteiger partial charge in [-0.05, 0) is 40.8 Å². The predicted octanol–water partition coefficient (Wildman–Crippen LogP) is 2.20. The highest BCUT2D eigenvalue weighted by Gasteiger charge is 2.04. The van der Waals surface area contributed by atoms with E-state index in [0.717, 1.165) is 3.57 Å². The number of nitrogen functional groups attached to an aromatic ring is 1. The summed E-state index contributed by atoms with van der Waals surface area (Å²) in [5.74, 6) is -0.340. The monoisotopic (exact) mass is 303 g/mol. The van der Waals surface area contributed by atoms with E-state index >= 15 is 0 Å². The van der Waals surface area contributed by atoms with Crippen molar-refractivity contribution in [2.75, 3.05) is 5.73 Å². The number of hydrogen-bond donors (Lipinski definition) is 1. The first kappa shape index (κ1) is 9.45. The summed E-state index contributed by atoms with van der Waals surface area (Å²) >= 11 is 2.15. The summed E-state index contributed by atoms with van der Waals surface area (Å²) in [7, 11) is 0. The van der Waals surface area contributed by atoms with Crippen molar-refractivity contribution in [2.45, 2.75) is 0 Å². The molecule has 2 N–H and O–H groups in total. The molecule has 2 rings (SSSR count). The van der Waals surface area contributed by atoms with Gasteiger partial charge in [0.25, 0.3) is 0 Å². The van der Waals surface area contributed by atoms with Crippen LogP contribution in [0.15, 0.2) is 30.6 Å². The van der Waals surface area contributed by atoms with Crippen LogP contribution in [-0.4, -0.2) is 9.78 Å². The number of nitrogens with zero attached hydrogens (tertiary/aromatic N) is 2. The molecular weight excluding hydrogens is 296 g/mol. The predicted molar refractivity (Wildman–Crippen MR) is 60.7 cm³/mol. The van der Waals surface area contributed by atoms with E-state index in [9.17, 15) is 4.39 Å². The molecule has 0 saturated heterocycles. The van der Waals surface area contributed by atoms with Crippen LogP contribution in [0.1, 0.15) is 0 Å². The zero-order valence-corrected chi connectivity index (χ0v) is 9.27. The largest absolute Gasteiger partial charge is 0.397 e. The average Bonchev–Trinajstić information content (AvgIpc) is 2.51. The first-order chi connectivity index (χ1) is 6.66. The summed E-state index contributed by atoms with van der Waals surface area (Å²) in [6.07, 6.45) is 3.54. The number of halogens is 2. The topological polar surface area (TPSA) is 43.8 Å². The molecule has 0 saturated carbocycles. The first-order valence-corrected chi connectivity index (χ1v) is 5.00. The summed E-state index contributed by atoms with van der Waals surface area (Å²) in [4.78, 5) is 0. The molecule has 0 radical (unpaired) electrons. The molecule has 1 heterocycles. The van der Waals surface area contributed by atoms with Gasteiger partial charge in [-0.1, -0.05) is 0 Å². The van der Waals surface area contributed by atoms with Gasteiger partial charge in [-0.15, -0.1) is 0 Å². The van der Waals surface area contributed by atoms with Gasteiger partial charge in [0.2, 0.25) is 0 Å². The number of anilines is 1. The van der Waals surface area contributed by atoms with Gasteiger partial charge in [0.1, 0.15) is 5.82 Å². The van der Waals surface area contributed by atoms with Crippen molar-refractivity contribution in [2.24, 2.45) is 0 Å². The molecule has 0 aliphatic carbocycles. The first-order valence-electron chi connectivity index (χ1n) is 3.92. The van der Waals surface area contributed by atoms with E-state index in [1.807, 2.05) is 6.20 Å². The van der Waals surface area contributed by atoms with Crippen LogP contribution in [-0.2, 0) is 0 Å². The molecule has 0 atom stereocenters. The Hall–Kier alpha value is -1.11. The van der Waals surface area contributed by atoms with E-state index in [0.29, 0.717) is 11.4 Å². The second kappa shape index (κ2) is 3.56. The van der Waals surface area contributed by atoms with Crippen LogP contribution < -0.4 is 5.73 Å². The van der Waals surface area contributed by atoms with Gasteiger partial charge < -0.3 is 5.73 Å². The third kappa shape index (κ3) is 1.72. The van der Waals surface area contributed by atoms with Crippen LogP contribution in [0, 0.1) is 9.39 Å². The third-order valence-electron chi connectivity index (χ3n) is 1.79. The molecule has 1 aromatic carbocycles. The molecule has 2 aromatic rings. The van der Waals surface area contributed by atoms with Gasteiger partial charge in [0.05, 0.1) is 21.1 Å². The van der Waals surface area contributed by atoms with Crippen molar-refractivity contribution in [3.05, 3.63) is 40.0 Å². The Balaban J connectivity index is 2.52. The third-order valence-corrected chi connectivity index (χ3v) is 2.34. The van der Waals surface area contributed by atoms with Crippen molar-refractivity contribution < 1.29 is 4.39 Å². The summed E-state index contributed by atoms with van der Waals surface area (Å²) in [6.45, 7) is 0. The lowest BCUT2D eigenvalue weighted by Gasteiger charge is -2.04. The fourth-order valence-electron chi connectivity index (χ4n) is 1.17. The van der Waals surface area contributed by atoms with Crippen molar-refractivity contribution in [1.82, 2.24) is 9.78 Å². The highest BCUT2D eigenvalue weighted by Crippen LogP contribution is 2.18. The summed E-state index contributed by atoms with van der Waals surface area (Å²) in [5, 5.41) is 4.08. The molecule has 0 bridgehead atoms. The molecule has 0 fully saturated rings. The number of nitrogens with two attached hydrogens (primary N) is 1. The molecule has 0 spiro atoms. The van der Waals surface area contributed by atoms with Gasteiger partial charge in [-0.2, -0.15) is 5.10 Å². The van der Waals surface area contributed by atoms with Gasteiger partial charge in [-0.25, -0.2) is 9.07 Å². The molecule has 14 heavy (non-hydrogen) atoms. The fourth-order valence-corrected chi connectivity index (χ4v) is 1.55. The van der Waals surface area contributed by atoms with E-state index < -0.39 is 0 Å². The molecule has 0 aliphatic rings. The van der Waals surface area contributed by atoms with Crippen LogP contribution in [0.25, 0.3) is 5.69 Å². The Morgan fingerprint density at radius 3 is 2.79 bits per heavy atom. The lowest BCUT2D eigenvalue weighted by molar-refractivity contribution is 0.628. The van der Waals surface area contributed by atoms with Gasteiger partial charge >= 0.3 is 0 Å². The molecule has 0 unspecified atom stereocenters. The van der Waals surface area contributed by atoms with Crippen LogP contribution >= 0.6 is 22.6 Å². The number of benzene rings is 1. The van der Waals surface area contributed by atoms with Crippen molar-refractivity contribution in [1.29, 1.82) is 0 Å². The Morgan fingerprint density at radius 1 is 1.43 bits per heavy atom. The summed E-state index contributed by atoms with van der Waals surface area (Å²) in [6, 6.07) is 4.25. The Bertz CT molecular complexity index is 467. The minimum atomic E-state index is -0.340. The molecular formula is C9H7FIN3. The smallest absolute Gasteiger partial charge is 0.125 e. The van der Waals surface area contributed by atoms with E-state index in [2.05, 4.69) is 27.7 Å². The maximum atomic E-state index is 12.8. The number of aromatic nitrogens is 2. The van der Waals surface area contributed by atoms with Crippen molar-refractivity contribution in [3.8, 4) is 5.69 Å². The second-order valence-electron chi connectivity index (χ2n) is 2.81. The Kier molecular flexibility index (Phi) is 2.40. The van der Waals surface area contributed by atoms with Gasteiger partial charge in [0, 0.05) is 6.20 Å². The van der Waals surface area contributed by atoms with Gasteiger partial charge in [-0.3, -0.25) is 0 Å². The SMILES string of the molecule is Nc1cc(F)ccc1-n1cc(I)cn1. The van der Waals surface area contributed by atoms with E-state index in [1.165, 1.54) is 12.1 Å². The van der Waals surface area contributed by atoms with Crippen LogP contribution in [0.4, 0.5) is 10.1 Å². The van der Waals surface area contributed by atoms with E-state index in [-0.39, 0.29) is 5.82 Å². The van der Waals surface area contributed by atoms with Crippen molar-refractivity contribution in [3.63, 3.8) is 0 Å². The van der Waals surface area contributed by atoms with Crippen LogP contribution in [0.3, 0.4) is 0 Å². The number of rotatable bonds is 1. The zero-order valence-electron chi connectivity index (χ0n) is 7.11. The standard InChI is InChI=1S/C9H7FIN3/c10-6-1-2-9(8(12)3-6)14-5-7(11)4-13-14/h1-5H,12H2. The minimum absolute atomic E-state index is 0.340. The highest BCUT2D eigenvalue weighted by molar-refractivity contribution is 14.1. The van der Waals surface area contributed by atoms with E-state index in [1.54, 1.807) is 16.9 Å². The highest BCUT2D eigenvalue weighted by atomic mass is 127. The molecule has 0 aliphatic heterocycles. The quantitative estimate of drug-likeness (QED) is 0.648. The Morgan fingerprint density at radius 2 is 2.21 bits per heavy atom. The maximum Gasteiger partial charge on any atom is 0.125 e. The second-order valence-corrected chi connectivity index (χ2v) is 4.05. The average molecular weight is 303 g/mol. The maximum absolute atomic E-state index is 12.8. The summed E-state index contributed by atoms with van der Waals surface area (Å²) in [5.41, 5.74) is 6.73. The molecule has 5 heteroatoms. The molecule has 3 nitrogen and oxygen atoms in total. The summed E-state index contributed by atoms with van der Waals surface area (Å²) < 4.78 is 15.4. The Labute approximate surface area is 93.9 Å². The fraction of sp³-hybridized carbons (Fsp3) is 0. The van der Waals surface area contributed by atoms with Crippen molar-refractivity contribution >= 4 is 28.3 Å². The normalized spacial score (nSPS) is 10.4.